The molecule has 6 nitrogen and oxygen atoms in total. The molecule has 0 aliphatic carbocycles. The maximum Gasteiger partial charge on any atom is 0.251 e. The van der Waals surface area contributed by atoms with E-state index in [1.165, 1.54) is 6.42 Å². The number of likely N-dealkylation sites (tertiary alicyclic amines) is 1. The van der Waals surface area contributed by atoms with Gasteiger partial charge in [-0.15, -0.1) is 24.0 Å². The van der Waals surface area contributed by atoms with Crippen molar-refractivity contribution in [1.29, 1.82) is 0 Å². The zero-order valence-corrected chi connectivity index (χ0v) is 19.5. The number of guanidine groups is 1. The van der Waals surface area contributed by atoms with Crippen LogP contribution in [0, 0.1) is 5.41 Å². The Bertz CT molecular complexity index is 689. The maximum absolute atomic E-state index is 12.3. The highest BCUT2D eigenvalue weighted by Gasteiger charge is 2.42. The summed E-state index contributed by atoms with van der Waals surface area (Å²) in [7, 11) is 1.83. The summed E-state index contributed by atoms with van der Waals surface area (Å²) >= 11 is 0. The lowest BCUT2D eigenvalue weighted by Crippen LogP contribution is -2.41. The van der Waals surface area contributed by atoms with Gasteiger partial charge in [0.05, 0.1) is 6.61 Å². The zero-order chi connectivity index (χ0) is 19.3. The van der Waals surface area contributed by atoms with Gasteiger partial charge in [-0.05, 0) is 43.9 Å². The number of nitrogens with one attached hydrogen (secondary N) is 2. The molecule has 3 rings (SSSR count). The number of rotatable bonds is 5. The molecular weight excluding hydrogens is 467 g/mol. The molecule has 0 bridgehead atoms. The first-order chi connectivity index (χ1) is 13.0. The Hall–Kier alpha value is -1.35. The van der Waals surface area contributed by atoms with E-state index in [4.69, 9.17) is 4.74 Å². The van der Waals surface area contributed by atoms with E-state index in [9.17, 15) is 4.79 Å². The van der Waals surface area contributed by atoms with Crippen LogP contribution in [0.1, 0.15) is 49.0 Å². The Labute approximate surface area is 185 Å². The van der Waals surface area contributed by atoms with Crippen molar-refractivity contribution in [1.82, 2.24) is 15.5 Å². The lowest BCUT2D eigenvalue weighted by Gasteiger charge is -2.25. The largest absolute Gasteiger partial charge is 0.381 e. The molecular formula is C21H33IN4O2. The van der Waals surface area contributed by atoms with Gasteiger partial charge < -0.3 is 20.3 Å². The molecule has 2 aliphatic rings. The third-order valence-corrected chi connectivity index (χ3v) is 5.76. The minimum Gasteiger partial charge on any atom is -0.381 e. The Morgan fingerprint density at radius 2 is 2.21 bits per heavy atom. The molecule has 1 aromatic carbocycles. The summed E-state index contributed by atoms with van der Waals surface area (Å²) in [6.07, 6.45) is 3.23. The lowest BCUT2D eigenvalue weighted by atomic mass is 9.87. The summed E-state index contributed by atoms with van der Waals surface area (Å²) in [5.74, 6) is 0.909. The van der Waals surface area contributed by atoms with Gasteiger partial charge in [0.1, 0.15) is 0 Å². The van der Waals surface area contributed by atoms with Crippen molar-refractivity contribution in [2.45, 2.75) is 45.7 Å². The predicted octanol–water partition coefficient (Wildman–Crippen LogP) is 3.02. The van der Waals surface area contributed by atoms with Crippen molar-refractivity contribution in [3.8, 4) is 0 Å². The smallest absolute Gasteiger partial charge is 0.251 e. The molecule has 156 valence electrons. The van der Waals surface area contributed by atoms with Gasteiger partial charge in [0.25, 0.3) is 5.91 Å². The van der Waals surface area contributed by atoms with E-state index in [1.807, 2.05) is 38.2 Å². The van der Waals surface area contributed by atoms with E-state index in [1.54, 1.807) is 0 Å². The van der Waals surface area contributed by atoms with Crippen LogP contribution in [-0.2, 0) is 11.3 Å². The van der Waals surface area contributed by atoms with Crippen molar-refractivity contribution in [2.24, 2.45) is 10.4 Å². The van der Waals surface area contributed by atoms with Crippen molar-refractivity contribution in [3.05, 3.63) is 35.4 Å². The highest BCUT2D eigenvalue weighted by Crippen LogP contribution is 2.38. The van der Waals surface area contributed by atoms with Gasteiger partial charge in [-0.3, -0.25) is 9.79 Å². The van der Waals surface area contributed by atoms with Gasteiger partial charge >= 0.3 is 0 Å². The number of aliphatic imine (C=N–C) groups is 1. The molecule has 1 amide bonds. The Morgan fingerprint density at radius 3 is 2.89 bits per heavy atom. The summed E-state index contributed by atoms with van der Waals surface area (Å²) in [6.45, 7) is 8.50. The molecule has 2 aliphatic heterocycles. The molecule has 2 heterocycles. The summed E-state index contributed by atoms with van der Waals surface area (Å²) in [5.41, 5.74) is 2.09. The Morgan fingerprint density at radius 1 is 1.39 bits per heavy atom. The molecule has 1 spiro atoms. The number of benzene rings is 1. The van der Waals surface area contributed by atoms with E-state index >= 15 is 0 Å². The third-order valence-electron chi connectivity index (χ3n) is 5.76. The molecule has 2 fully saturated rings. The number of hydrogen-bond acceptors (Lipinski definition) is 3. The Kier molecular flexibility index (Phi) is 8.55. The number of halogens is 1. The molecule has 0 aromatic heterocycles. The summed E-state index contributed by atoms with van der Waals surface area (Å²) in [4.78, 5) is 19.1. The van der Waals surface area contributed by atoms with Crippen LogP contribution in [0.25, 0.3) is 0 Å². The molecule has 2 saturated heterocycles. The quantitative estimate of drug-likeness (QED) is 0.371. The number of ether oxygens (including phenoxy) is 1. The molecule has 2 unspecified atom stereocenters. The topological polar surface area (TPSA) is 66.0 Å². The molecule has 0 radical (unpaired) electrons. The van der Waals surface area contributed by atoms with Crippen LogP contribution in [0.3, 0.4) is 0 Å². The summed E-state index contributed by atoms with van der Waals surface area (Å²) in [5, 5.41) is 6.47. The maximum atomic E-state index is 12.3. The fourth-order valence-corrected chi connectivity index (χ4v) is 3.83. The van der Waals surface area contributed by atoms with Crippen molar-refractivity contribution in [2.75, 3.05) is 33.4 Å². The standard InChI is InChI=1S/C21H32N4O2.HI/c1-4-16(2)24-19(26)18-7-5-6-17(12-18)13-23-20(22-3)25-10-8-21(14-25)9-11-27-15-21;/h5-7,12,16H,4,8-11,13-15H2,1-3H3,(H,22,23)(H,24,26);1H. The zero-order valence-electron chi connectivity index (χ0n) is 17.2. The van der Waals surface area contributed by atoms with Crippen LogP contribution < -0.4 is 10.6 Å². The van der Waals surface area contributed by atoms with E-state index in [2.05, 4.69) is 27.4 Å². The van der Waals surface area contributed by atoms with Crippen LogP contribution >= 0.6 is 24.0 Å². The first kappa shape index (κ1) is 22.9. The van der Waals surface area contributed by atoms with Crippen LogP contribution in [0.4, 0.5) is 0 Å². The normalized spacial score (nSPS) is 22.8. The second-order valence-corrected chi connectivity index (χ2v) is 7.86. The predicted molar refractivity (Wildman–Crippen MR) is 123 cm³/mol. The molecule has 7 heteroatoms. The van der Waals surface area contributed by atoms with E-state index < -0.39 is 0 Å². The van der Waals surface area contributed by atoms with Gasteiger partial charge in [0.15, 0.2) is 5.96 Å². The first-order valence-corrected chi connectivity index (χ1v) is 9.98. The molecule has 0 saturated carbocycles. The van der Waals surface area contributed by atoms with Crippen molar-refractivity contribution < 1.29 is 9.53 Å². The summed E-state index contributed by atoms with van der Waals surface area (Å²) < 4.78 is 5.62. The second-order valence-electron chi connectivity index (χ2n) is 7.86. The number of hydrogen-bond donors (Lipinski definition) is 2. The van der Waals surface area contributed by atoms with E-state index in [0.29, 0.717) is 17.5 Å². The number of nitrogens with zero attached hydrogens (tertiary/aromatic N) is 2. The third kappa shape index (κ3) is 5.59. The number of carbonyl (C=O) groups excluding carboxylic acids is 1. The van der Waals surface area contributed by atoms with Gasteiger partial charge in [0, 0.05) is 50.3 Å². The fourth-order valence-electron chi connectivity index (χ4n) is 3.83. The van der Waals surface area contributed by atoms with Gasteiger partial charge in [-0.1, -0.05) is 19.1 Å². The minimum absolute atomic E-state index is 0. The molecule has 2 atom stereocenters. The molecule has 2 N–H and O–H groups in total. The highest BCUT2D eigenvalue weighted by atomic mass is 127. The van der Waals surface area contributed by atoms with Crippen LogP contribution in [0.2, 0.25) is 0 Å². The van der Waals surface area contributed by atoms with Crippen molar-refractivity contribution >= 4 is 35.8 Å². The SMILES string of the molecule is CCC(C)NC(=O)c1cccc(CNC(=NC)N2CCC3(CCOC3)C2)c1.I. The van der Waals surface area contributed by atoms with E-state index in [-0.39, 0.29) is 35.9 Å². The highest BCUT2D eigenvalue weighted by molar-refractivity contribution is 14.0. The number of carbonyl (C=O) groups is 1. The second kappa shape index (κ2) is 10.4. The average Bonchev–Trinajstić information content (AvgIpc) is 3.32. The lowest BCUT2D eigenvalue weighted by molar-refractivity contribution is 0.0939. The summed E-state index contributed by atoms with van der Waals surface area (Å²) in [6, 6.07) is 7.97. The monoisotopic (exact) mass is 500 g/mol. The van der Waals surface area contributed by atoms with Gasteiger partial charge in [0.2, 0.25) is 0 Å². The average molecular weight is 500 g/mol. The van der Waals surface area contributed by atoms with Gasteiger partial charge in [-0.2, -0.15) is 0 Å². The molecule has 1 aromatic rings. The van der Waals surface area contributed by atoms with E-state index in [0.717, 1.165) is 50.7 Å². The minimum atomic E-state index is -0.0155. The van der Waals surface area contributed by atoms with Gasteiger partial charge in [-0.25, -0.2) is 0 Å². The molecule has 28 heavy (non-hydrogen) atoms. The van der Waals surface area contributed by atoms with Crippen LogP contribution in [0.15, 0.2) is 29.3 Å². The van der Waals surface area contributed by atoms with Crippen molar-refractivity contribution in [3.63, 3.8) is 0 Å². The Balaban J connectivity index is 0.00000280. The van der Waals surface area contributed by atoms with Crippen LogP contribution in [-0.4, -0.2) is 56.2 Å². The fraction of sp³-hybridized carbons (Fsp3) is 0.619. The number of amides is 1. The first-order valence-electron chi connectivity index (χ1n) is 9.98. The van der Waals surface area contributed by atoms with Crippen LogP contribution in [0.5, 0.6) is 0 Å².